The molecule has 1 fully saturated rings. The molecule has 1 amide bonds. The molecule has 0 spiro atoms. The Labute approximate surface area is 125 Å². The van der Waals surface area contributed by atoms with E-state index in [-0.39, 0.29) is 18.3 Å². The predicted molar refractivity (Wildman–Crippen MR) is 83.4 cm³/mol. The van der Waals surface area contributed by atoms with Crippen molar-refractivity contribution < 1.29 is 4.79 Å². The Balaban J connectivity index is 0.00000180. The molecule has 0 atom stereocenters. The normalized spacial score (nSPS) is 16.4. The highest BCUT2D eigenvalue weighted by molar-refractivity contribution is 7.08. The van der Waals surface area contributed by atoms with Gasteiger partial charge in [0.05, 0.1) is 0 Å². The fourth-order valence-electron chi connectivity index (χ4n) is 2.43. The molecular weight excluding hydrogens is 280 g/mol. The second-order valence-electron chi connectivity index (χ2n) is 4.91. The van der Waals surface area contributed by atoms with Crippen LogP contribution < -0.4 is 10.6 Å². The summed E-state index contributed by atoms with van der Waals surface area (Å²) in [6.45, 7) is 1.59. The minimum absolute atomic E-state index is 0. The number of amides is 1. The zero-order valence-corrected chi connectivity index (χ0v) is 12.8. The predicted octanol–water partition coefficient (Wildman–Crippen LogP) is 3.21. The van der Waals surface area contributed by atoms with Gasteiger partial charge in [0.1, 0.15) is 0 Å². The minimum atomic E-state index is 0. The zero-order valence-electron chi connectivity index (χ0n) is 11.2. The Bertz CT molecular complexity index is 348. The lowest BCUT2D eigenvalue weighted by atomic mass is 10.1. The van der Waals surface area contributed by atoms with Gasteiger partial charge < -0.3 is 10.6 Å². The van der Waals surface area contributed by atoms with Crippen molar-refractivity contribution in [2.75, 3.05) is 13.1 Å². The van der Waals surface area contributed by atoms with Crippen LogP contribution in [0.2, 0.25) is 0 Å². The van der Waals surface area contributed by atoms with E-state index in [1.807, 2.05) is 16.8 Å². The summed E-state index contributed by atoms with van der Waals surface area (Å²) in [5, 5.41) is 10.3. The summed E-state index contributed by atoms with van der Waals surface area (Å²) in [5.41, 5.74) is 0.773. The third-order valence-electron chi connectivity index (χ3n) is 3.48. The van der Waals surface area contributed by atoms with Crippen molar-refractivity contribution in [1.29, 1.82) is 0 Å². The molecule has 2 rings (SSSR count). The first-order chi connectivity index (χ1) is 8.86. The zero-order chi connectivity index (χ0) is 12.6. The number of halogens is 1. The minimum Gasteiger partial charge on any atom is -0.351 e. The Kier molecular flexibility index (Phi) is 8.10. The van der Waals surface area contributed by atoms with E-state index in [0.29, 0.717) is 12.6 Å². The van der Waals surface area contributed by atoms with Crippen LogP contribution in [-0.4, -0.2) is 25.0 Å². The lowest BCUT2D eigenvalue weighted by molar-refractivity contribution is 0.0954. The molecule has 0 saturated heterocycles. The Morgan fingerprint density at radius 1 is 1.21 bits per heavy atom. The summed E-state index contributed by atoms with van der Waals surface area (Å²) >= 11 is 1.56. The lowest BCUT2D eigenvalue weighted by Crippen LogP contribution is -2.36. The molecule has 0 bridgehead atoms. The molecule has 3 nitrogen and oxygen atoms in total. The lowest BCUT2D eigenvalue weighted by Gasteiger charge is -2.16. The molecule has 1 aliphatic rings. The monoisotopic (exact) mass is 302 g/mol. The highest BCUT2D eigenvalue weighted by Gasteiger charge is 2.11. The standard InChI is InChI=1S/C14H22N2OS.ClH/c17-14(12-7-10-18-11-12)16-9-8-15-13-5-3-1-2-4-6-13;/h7,10-11,13,15H,1-6,8-9H2,(H,16,17);1H. The molecule has 108 valence electrons. The van der Waals surface area contributed by atoms with E-state index in [2.05, 4.69) is 10.6 Å². The number of hydrogen-bond donors (Lipinski definition) is 2. The summed E-state index contributed by atoms with van der Waals surface area (Å²) in [6.07, 6.45) is 8.04. The van der Waals surface area contributed by atoms with Gasteiger partial charge >= 0.3 is 0 Å². The highest BCUT2D eigenvalue weighted by Crippen LogP contribution is 2.16. The average molecular weight is 303 g/mol. The topological polar surface area (TPSA) is 41.1 Å². The van der Waals surface area contributed by atoms with Crippen molar-refractivity contribution in [3.05, 3.63) is 22.4 Å². The fourth-order valence-corrected chi connectivity index (χ4v) is 3.07. The number of thiophene rings is 1. The number of carbonyl (C=O) groups excluding carboxylic acids is 1. The molecule has 5 heteroatoms. The third-order valence-corrected chi connectivity index (χ3v) is 4.17. The van der Waals surface area contributed by atoms with Crippen LogP contribution in [-0.2, 0) is 0 Å². The fraction of sp³-hybridized carbons (Fsp3) is 0.643. The van der Waals surface area contributed by atoms with E-state index in [4.69, 9.17) is 0 Å². The Morgan fingerprint density at radius 2 is 1.95 bits per heavy atom. The first kappa shape index (κ1) is 16.5. The average Bonchev–Trinajstić information content (AvgIpc) is 2.80. The maximum Gasteiger partial charge on any atom is 0.252 e. The van der Waals surface area contributed by atoms with Gasteiger partial charge in [-0.3, -0.25) is 4.79 Å². The summed E-state index contributed by atoms with van der Waals surface area (Å²) < 4.78 is 0. The van der Waals surface area contributed by atoms with Gasteiger partial charge in [-0.2, -0.15) is 11.3 Å². The second-order valence-corrected chi connectivity index (χ2v) is 5.69. The Hall–Kier alpha value is -0.580. The SMILES string of the molecule is Cl.O=C(NCCNC1CCCCCC1)c1ccsc1. The summed E-state index contributed by atoms with van der Waals surface area (Å²) in [4.78, 5) is 11.7. The largest absolute Gasteiger partial charge is 0.351 e. The van der Waals surface area contributed by atoms with Gasteiger partial charge in [-0.15, -0.1) is 12.4 Å². The van der Waals surface area contributed by atoms with Crippen molar-refractivity contribution in [3.8, 4) is 0 Å². The van der Waals surface area contributed by atoms with Crippen LogP contribution in [0, 0.1) is 0 Å². The second kappa shape index (κ2) is 9.34. The highest BCUT2D eigenvalue weighted by atomic mass is 35.5. The first-order valence-electron chi connectivity index (χ1n) is 6.90. The molecule has 0 radical (unpaired) electrons. The summed E-state index contributed by atoms with van der Waals surface area (Å²) in [5.74, 6) is 0.0407. The van der Waals surface area contributed by atoms with Crippen LogP contribution in [0.1, 0.15) is 48.9 Å². The van der Waals surface area contributed by atoms with Crippen molar-refractivity contribution in [1.82, 2.24) is 10.6 Å². The van der Waals surface area contributed by atoms with E-state index < -0.39 is 0 Å². The van der Waals surface area contributed by atoms with Crippen LogP contribution in [0.5, 0.6) is 0 Å². The van der Waals surface area contributed by atoms with E-state index in [0.717, 1.165) is 12.1 Å². The van der Waals surface area contributed by atoms with E-state index >= 15 is 0 Å². The molecule has 1 aromatic heterocycles. The van der Waals surface area contributed by atoms with E-state index in [9.17, 15) is 4.79 Å². The van der Waals surface area contributed by atoms with Gasteiger partial charge in [-0.1, -0.05) is 25.7 Å². The van der Waals surface area contributed by atoms with Gasteiger partial charge in [0.2, 0.25) is 0 Å². The molecule has 1 heterocycles. The van der Waals surface area contributed by atoms with Crippen LogP contribution in [0.25, 0.3) is 0 Å². The number of rotatable bonds is 5. The van der Waals surface area contributed by atoms with E-state index in [1.54, 1.807) is 11.3 Å². The molecule has 1 saturated carbocycles. The molecule has 1 aliphatic carbocycles. The summed E-state index contributed by atoms with van der Waals surface area (Å²) in [6, 6.07) is 2.52. The molecule has 0 aromatic carbocycles. The van der Waals surface area contributed by atoms with Gasteiger partial charge in [0.25, 0.3) is 5.91 Å². The van der Waals surface area contributed by atoms with Crippen LogP contribution in [0.3, 0.4) is 0 Å². The molecule has 0 unspecified atom stereocenters. The van der Waals surface area contributed by atoms with Gasteiger partial charge in [0, 0.05) is 30.1 Å². The van der Waals surface area contributed by atoms with E-state index in [1.165, 1.54) is 38.5 Å². The quantitative estimate of drug-likeness (QED) is 0.648. The van der Waals surface area contributed by atoms with Gasteiger partial charge in [0.15, 0.2) is 0 Å². The van der Waals surface area contributed by atoms with Crippen LogP contribution in [0.15, 0.2) is 16.8 Å². The van der Waals surface area contributed by atoms with Crippen LogP contribution >= 0.6 is 23.7 Å². The van der Waals surface area contributed by atoms with Gasteiger partial charge in [-0.25, -0.2) is 0 Å². The maximum atomic E-state index is 11.7. The molecule has 0 aliphatic heterocycles. The molecule has 1 aromatic rings. The number of carbonyl (C=O) groups is 1. The molecule has 2 N–H and O–H groups in total. The third kappa shape index (κ3) is 5.93. The molecular formula is C14H23ClN2OS. The smallest absolute Gasteiger partial charge is 0.252 e. The summed E-state index contributed by atoms with van der Waals surface area (Å²) in [7, 11) is 0. The number of nitrogens with one attached hydrogen (secondary N) is 2. The van der Waals surface area contributed by atoms with Crippen LogP contribution in [0.4, 0.5) is 0 Å². The van der Waals surface area contributed by atoms with Gasteiger partial charge in [-0.05, 0) is 24.3 Å². The first-order valence-corrected chi connectivity index (χ1v) is 7.84. The molecule has 19 heavy (non-hydrogen) atoms. The van der Waals surface area contributed by atoms with Crippen molar-refractivity contribution >= 4 is 29.7 Å². The maximum absolute atomic E-state index is 11.7. The van der Waals surface area contributed by atoms with Crippen molar-refractivity contribution in [2.24, 2.45) is 0 Å². The number of hydrogen-bond acceptors (Lipinski definition) is 3. The van der Waals surface area contributed by atoms with Crippen molar-refractivity contribution in [2.45, 2.75) is 44.6 Å². The van der Waals surface area contributed by atoms with Crippen molar-refractivity contribution in [3.63, 3.8) is 0 Å². The Morgan fingerprint density at radius 3 is 2.58 bits per heavy atom.